The van der Waals surface area contributed by atoms with Crippen molar-refractivity contribution in [3.05, 3.63) is 65.0 Å². The Labute approximate surface area is 333 Å². The minimum atomic E-state index is -3.90. The molecule has 17 heteroatoms. The minimum absolute atomic E-state index is 0.00266. The number of sulfonamides is 1. The fourth-order valence-electron chi connectivity index (χ4n) is 7.62. The lowest BCUT2D eigenvalue weighted by Gasteiger charge is -2.36. The molecule has 5 amide bonds. The number of halogens is 1. The van der Waals surface area contributed by atoms with Crippen LogP contribution in [0, 0.1) is 17.2 Å². The second-order valence-electron chi connectivity index (χ2n) is 17.0. The molecule has 0 radical (unpaired) electrons. The highest BCUT2D eigenvalue weighted by molar-refractivity contribution is 7.91. The number of rotatable bonds is 14. The molecule has 0 spiro atoms. The van der Waals surface area contributed by atoms with Crippen LogP contribution >= 0.6 is 0 Å². The largest absolute Gasteiger partial charge is 0.444 e. The summed E-state index contributed by atoms with van der Waals surface area (Å²) in [5, 5.41) is 8.34. The quantitative estimate of drug-likeness (QED) is 0.221. The molecule has 310 valence electrons. The summed E-state index contributed by atoms with van der Waals surface area (Å²) in [6.07, 6.45) is -0.162. The first kappa shape index (κ1) is 41.9. The number of ether oxygens (including phenoxy) is 1. The molecule has 2 aromatic rings. The number of likely N-dealkylation sites (N-methyl/N-ethyl adjacent to an activating group) is 1. The van der Waals surface area contributed by atoms with E-state index in [4.69, 9.17) is 4.74 Å². The van der Waals surface area contributed by atoms with Crippen LogP contribution in [0.3, 0.4) is 0 Å². The summed E-state index contributed by atoms with van der Waals surface area (Å²) >= 11 is 0. The zero-order chi connectivity index (χ0) is 41.4. The average molecular weight is 812 g/mol. The molecule has 0 bridgehead atoms. The van der Waals surface area contributed by atoms with Gasteiger partial charge in [0.1, 0.15) is 29.5 Å². The summed E-state index contributed by atoms with van der Waals surface area (Å²) in [4.78, 5) is 73.7. The van der Waals surface area contributed by atoms with Gasteiger partial charge in [0, 0.05) is 42.9 Å². The smallest absolute Gasteiger partial charge is 0.410 e. The number of anilines is 1. The van der Waals surface area contributed by atoms with Crippen LogP contribution < -0.4 is 20.7 Å². The van der Waals surface area contributed by atoms with Crippen molar-refractivity contribution < 1.29 is 41.5 Å². The molecule has 2 aliphatic heterocycles. The molecule has 1 saturated heterocycles. The summed E-state index contributed by atoms with van der Waals surface area (Å²) < 4.78 is 48.1. The van der Waals surface area contributed by atoms with E-state index in [9.17, 15) is 36.8 Å². The maximum absolute atomic E-state index is 14.8. The first-order valence-corrected chi connectivity index (χ1v) is 21.1. The molecule has 2 saturated carbocycles. The van der Waals surface area contributed by atoms with Crippen molar-refractivity contribution in [3.8, 4) is 0 Å². The van der Waals surface area contributed by atoms with Crippen LogP contribution in [-0.2, 0) is 42.2 Å². The maximum Gasteiger partial charge on any atom is 0.410 e. The molecule has 0 aromatic heterocycles. The topological polar surface area (TPSA) is 187 Å². The van der Waals surface area contributed by atoms with E-state index in [0.29, 0.717) is 54.7 Å². The molecule has 3 fully saturated rings. The first-order valence-electron chi connectivity index (χ1n) is 19.5. The number of carbonyl (C=O) groups excluding carboxylic acids is 5. The van der Waals surface area contributed by atoms with Crippen LogP contribution in [-0.4, -0.2) is 116 Å². The van der Waals surface area contributed by atoms with Gasteiger partial charge >= 0.3 is 6.09 Å². The normalized spacial score (nSPS) is 23.4. The Morgan fingerprint density at radius 2 is 1.77 bits per heavy atom. The summed E-state index contributed by atoms with van der Waals surface area (Å²) in [5.74, 6) is -3.02. The van der Waals surface area contributed by atoms with Gasteiger partial charge < -0.3 is 30.5 Å². The van der Waals surface area contributed by atoms with Crippen molar-refractivity contribution in [2.75, 3.05) is 39.0 Å². The fraction of sp³-hybridized carbons (Fsp3) is 0.575. The second-order valence-corrected chi connectivity index (χ2v) is 19.0. The van der Waals surface area contributed by atoms with Gasteiger partial charge in [-0.15, -0.1) is 0 Å². The van der Waals surface area contributed by atoms with Gasteiger partial charge in [-0.2, -0.15) is 0 Å². The number of nitrogens with one attached hydrogen (secondary N) is 4. The Balaban J connectivity index is 1.23. The van der Waals surface area contributed by atoms with E-state index < -0.39 is 74.0 Å². The summed E-state index contributed by atoms with van der Waals surface area (Å²) in [6, 6.07) is 9.22. The van der Waals surface area contributed by atoms with Crippen LogP contribution in [0.2, 0.25) is 0 Å². The Kier molecular flexibility index (Phi) is 11.9. The fourth-order valence-corrected chi connectivity index (χ4v) is 8.99. The van der Waals surface area contributed by atoms with Crippen molar-refractivity contribution in [1.82, 2.24) is 30.1 Å². The zero-order valence-electron chi connectivity index (χ0n) is 33.4. The number of benzene rings is 2. The lowest BCUT2D eigenvalue weighted by atomic mass is 9.85. The zero-order valence-corrected chi connectivity index (χ0v) is 34.2. The predicted octanol–water partition coefficient (Wildman–Crippen LogP) is 2.96. The highest BCUT2D eigenvalue weighted by atomic mass is 32.2. The lowest BCUT2D eigenvalue weighted by molar-refractivity contribution is -0.141. The molecule has 2 aliphatic carbocycles. The van der Waals surface area contributed by atoms with Gasteiger partial charge in [0.15, 0.2) is 0 Å². The number of amides is 5. The molecule has 2 heterocycles. The summed E-state index contributed by atoms with van der Waals surface area (Å²) in [7, 11) is -0.0952. The molecule has 15 nitrogen and oxygen atoms in total. The van der Waals surface area contributed by atoms with Crippen LogP contribution in [0.1, 0.15) is 81.3 Å². The molecular formula is C40H54FN7O8S. The number of carbonyl (C=O) groups is 5. The van der Waals surface area contributed by atoms with Gasteiger partial charge in [0.2, 0.25) is 21.8 Å². The van der Waals surface area contributed by atoms with E-state index in [1.807, 2.05) is 46.7 Å². The van der Waals surface area contributed by atoms with Crippen LogP contribution in [0.15, 0.2) is 42.5 Å². The van der Waals surface area contributed by atoms with E-state index >= 15 is 0 Å². The van der Waals surface area contributed by atoms with Crippen LogP contribution in [0.5, 0.6) is 0 Å². The van der Waals surface area contributed by atoms with Crippen molar-refractivity contribution >= 4 is 45.4 Å². The van der Waals surface area contributed by atoms with Crippen LogP contribution in [0.25, 0.3) is 0 Å². The third-order valence-corrected chi connectivity index (χ3v) is 13.1. The monoisotopic (exact) mass is 811 g/mol. The van der Waals surface area contributed by atoms with E-state index in [1.165, 1.54) is 15.9 Å². The SMILES string of the molecule is CC[C@@H]1C[C@]1(NC(=O)[C@@H]1C[C@@H](OC(=O)N2Cc3cccc(F)c3C2)CN1C(=O)[C@@H](Nc1cccc(C(=O)NCCN(C)C)c1)C(C)(C)C)C(=O)NS(=O)(=O)C1CC1. The average Bonchev–Trinajstić information content (AvgIpc) is 4.04. The molecule has 2 aromatic carbocycles. The van der Waals surface area contributed by atoms with Crippen molar-refractivity contribution in [1.29, 1.82) is 0 Å². The number of hydrogen-bond donors (Lipinski definition) is 4. The van der Waals surface area contributed by atoms with Gasteiger partial charge in [-0.25, -0.2) is 17.6 Å². The molecule has 0 unspecified atom stereocenters. The lowest BCUT2D eigenvalue weighted by Crippen LogP contribution is -2.58. The Morgan fingerprint density at radius 1 is 1.05 bits per heavy atom. The van der Waals surface area contributed by atoms with E-state index in [0.717, 1.165) is 0 Å². The van der Waals surface area contributed by atoms with Crippen molar-refractivity contribution in [3.63, 3.8) is 0 Å². The number of hydrogen-bond acceptors (Lipinski definition) is 10. The molecule has 4 N–H and O–H groups in total. The van der Waals surface area contributed by atoms with Gasteiger partial charge in [-0.05, 0) is 74.5 Å². The van der Waals surface area contributed by atoms with E-state index in [2.05, 4.69) is 20.7 Å². The molecule has 5 atom stereocenters. The number of nitrogens with zero attached hydrogens (tertiary/aromatic N) is 3. The Bertz CT molecular complexity index is 2020. The highest BCUT2D eigenvalue weighted by Gasteiger charge is 2.62. The van der Waals surface area contributed by atoms with Crippen molar-refractivity contribution in [2.45, 2.75) is 102 Å². The van der Waals surface area contributed by atoms with E-state index in [-0.39, 0.29) is 44.3 Å². The first-order chi connectivity index (χ1) is 26.8. The number of fused-ring (bicyclic) bond motifs is 1. The standard InChI is InChI=1S/C40H54FN7O8S/c1-7-26-20-40(26,37(52)45-57(54,55)29-14-15-29)44-35(50)32-19-28(56-38(53)47-21-25-11-9-13-31(41)30(25)23-47)22-48(32)36(51)33(39(2,3)4)43-27-12-8-10-24(18-27)34(49)42-16-17-46(5)6/h8-13,18,26,28-29,32-33,43H,7,14-17,19-23H2,1-6H3,(H,42,49)(H,44,50)(H,45,52)/t26-,28-,32+,33-,40-/m1/s1. The predicted molar refractivity (Wildman–Crippen MR) is 210 cm³/mol. The highest BCUT2D eigenvalue weighted by Crippen LogP contribution is 2.47. The van der Waals surface area contributed by atoms with Gasteiger partial charge in [0.05, 0.1) is 18.3 Å². The molecule has 57 heavy (non-hydrogen) atoms. The second kappa shape index (κ2) is 16.2. The molecule has 6 rings (SSSR count). The third kappa shape index (κ3) is 9.35. The maximum atomic E-state index is 14.8. The van der Waals surface area contributed by atoms with E-state index in [1.54, 1.807) is 36.4 Å². The Hall–Kier alpha value is -4.77. The van der Waals surface area contributed by atoms with Gasteiger partial charge in [0.25, 0.3) is 11.8 Å². The molecular weight excluding hydrogens is 758 g/mol. The third-order valence-electron chi connectivity index (χ3n) is 11.2. The van der Waals surface area contributed by atoms with Gasteiger partial charge in [-0.1, -0.05) is 52.3 Å². The molecule has 4 aliphatic rings. The number of likely N-dealkylation sites (tertiary alicyclic amines) is 1. The Morgan fingerprint density at radius 3 is 2.40 bits per heavy atom. The minimum Gasteiger partial charge on any atom is -0.444 e. The van der Waals surface area contributed by atoms with Gasteiger partial charge in [-0.3, -0.25) is 28.8 Å². The van der Waals surface area contributed by atoms with Crippen molar-refractivity contribution in [2.24, 2.45) is 11.3 Å². The summed E-state index contributed by atoms with van der Waals surface area (Å²) in [6.45, 7) is 8.46. The summed E-state index contributed by atoms with van der Waals surface area (Å²) in [5.41, 5.74) is -0.309. The van der Waals surface area contributed by atoms with Crippen LogP contribution in [0.4, 0.5) is 14.9 Å².